The zero-order chi connectivity index (χ0) is 8.10. The van der Waals surface area contributed by atoms with Gasteiger partial charge in [0.1, 0.15) is 0 Å². The lowest BCUT2D eigenvalue weighted by molar-refractivity contribution is 1.32. The van der Waals surface area contributed by atoms with E-state index < -0.39 is 0 Å². The first-order chi connectivity index (χ1) is 5.29. The van der Waals surface area contributed by atoms with Crippen LogP contribution in [0.2, 0.25) is 0 Å². The first-order valence-corrected chi connectivity index (χ1v) is 3.52. The van der Waals surface area contributed by atoms with Gasteiger partial charge >= 0.3 is 0 Å². The number of allylic oxidation sites excluding steroid dienone is 2. The van der Waals surface area contributed by atoms with Crippen LogP contribution in [0.5, 0.6) is 0 Å². The summed E-state index contributed by atoms with van der Waals surface area (Å²) in [6, 6.07) is 3.92. The van der Waals surface area contributed by atoms with E-state index in [1.54, 1.807) is 6.20 Å². The SMILES string of the molecule is C=C(C)/C=C/c1cccnc1. The van der Waals surface area contributed by atoms with Crippen molar-refractivity contribution < 1.29 is 0 Å². The van der Waals surface area contributed by atoms with Crippen molar-refractivity contribution in [3.8, 4) is 0 Å². The van der Waals surface area contributed by atoms with E-state index >= 15 is 0 Å². The lowest BCUT2D eigenvalue weighted by atomic mass is 10.2. The highest BCUT2D eigenvalue weighted by Gasteiger charge is 1.81. The Labute approximate surface area is 67.1 Å². The van der Waals surface area contributed by atoms with Gasteiger partial charge in [-0.25, -0.2) is 0 Å². The zero-order valence-corrected chi connectivity index (χ0v) is 6.62. The molecule has 1 rings (SSSR count). The summed E-state index contributed by atoms with van der Waals surface area (Å²) >= 11 is 0. The largest absolute Gasteiger partial charge is 0.264 e. The summed E-state index contributed by atoms with van der Waals surface area (Å²) in [5.74, 6) is 0. The van der Waals surface area contributed by atoms with Crippen molar-refractivity contribution in [3.05, 3.63) is 48.3 Å². The average Bonchev–Trinajstić information content (AvgIpc) is 2.03. The van der Waals surface area contributed by atoms with Crippen LogP contribution in [0.4, 0.5) is 0 Å². The van der Waals surface area contributed by atoms with Gasteiger partial charge in [0.05, 0.1) is 0 Å². The van der Waals surface area contributed by atoms with E-state index in [0.717, 1.165) is 11.1 Å². The topological polar surface area (TPSA) is 12.9 Å². The number of nitrogens with zero attached hydrogens (tertiary/aromatic N) is 1. The molecule has 1 heteroatoms. The summed E-state index contributed by atoms with van der Waals surface area (Å²) in [5.41, 5.74) is 2.16. The van der Waals surface area contributed by atoms with Gasteiger partial charge in [-0.2, -0.15) is 0 Å². The van der Waals surface area contributed by atoms with Crippen molar-refractivity contribution in [2.24, 2.45) is 0 Å². The second-order valence-electron chi connectivity index (χ2n) is 2.47. The number of aromatic nitrogens is 1. The van der Waals surface area contributed by atoms with Crippen molar-refractivity contribution in [1.29, 1.82) is 0 Å². The van der Waals surface area contributed by atoms with E-state index in [2.05, 4.69) is 11.6 Å². The van der Waals surface area contributed by atoms with Gasteiger partial charge in [-0.15, -0.1) is 0 Å². The van der Waals surface area contributed by atoms with Crippen molar-refractivity contribution in [2.45, 2.75) is 6.92 Å². The molecule has 0 amide bonds. The van der Waals surface area contributed by atoms with Gasteiger partial charge in [0.2, 0.25) is 0 Å². The van der Waals surface area contributed by atoms with Gasteiger partial charge in [-0.1, -0.05) is 30.4 Å². The molecule has 1 aromatic rings. The van der Waals surface area contributed by atoms with E-state index in [9.17, 15) is 0 Å². The fourth-order valence-corrected chi connectivity index (χ4v) is 0.713. The van der Waals surface area contributed by atoms with Gasteiger partial charge in [0, 0.05) is 12.4 Å². The molecule has 0 radical (unpaired) electrons. The number of hydrogen-bond donors (Lipinski definition) is 0. The molecule has 0 fully saturated rings. The predicted molar refractivity (Wildman–Crippen MR) is 48.1 cm³/mol. The lowest BCUT2D eigenvalue weighted by Crippen LogP contribution is -1.72. The van der Waals surface area contributed by atoms with Gasteiger partial charge in [-0.3, -0.25) is 4.98 Å². The highest BCUT2D eigenvalue weighted by Crippen LogP contribution is 2.00. The summed E-state index contributed by atoms with van der Waals surface area (Å²) in [6.07, 6.45) is 7.55. The minimum Gasteiger partial charge on any atom is -0.264 e. The Kier molecular flexibility index (Phi) is 2.61. The van der Waals surface area contributed by atoms with Crippen molar-refractivity contribution in [3.63, 3.8) is 0 Å². The number of hydrogen-bond acceptors (Lipinski definition) is 1. The Balaban J connectivity index is 2.72. The second-order valence-corrected chi connectivity index (χ2v) is 2.47. The van der Waals surface area contributed by atoms with E-state index in [1.165, 1.54) is 0 Å². The molecule has 0 saturated carbocycles. The summed E-state index contributed by atoms with van der Waals surface area (Å²) in [5, 5.41) is 0. The quantitative estimate of drug-likeness (QED) is 0.583. The molecule has 0 bridgehead atoms. The molecule has 0 N–H and O–H groups in total. The van der Waals surface area contributed by atoms with Gasteiger partial charge in [-0.05, 0) is 18.6 Å². The highest BCUT2D eigenvalue weighted by molar-refractivity contribution is 5.50. The molecule has 0 atom stereocenters. The molecule has 0 unspecified atom stereocenters. The summed E-state index contributed by atoms with van der Waals surface area (Å²) in [7, 11) is 0. The third kappa shape index (κ3) is 2.80. The van der Waals surface area contributed by atoms with Crippen LogP contribution in [0.1, 0.15) is 12.5 Å². The number of rotatable bonds is 2. The van der Waals surface area contributed by atoms with E-state index in [-0.39, 0.29) is 0 Å². The van der Waals surface area contributed by atoms with Gasteiger partial charge in [0.25, 0.3) is 0 Å². The Morgan fingerprint density at radius 1 is 1.64 bits per heavy atom. The van der Waals surface area contributed by atoms with E-state index in [1.807, 2.05) is 37.4 Å². The van der Waals surface area contributed by atoms with Crippen LogP contribution < -0.4 is 0 Å². The van der Waals surface area contributed by atoms with Crippen LogP contribution in [0, 0.1) is 0 Å². The Bertz CT molecular complexity index is 259. The molecular formula is C10H11N. The van der Waals surface area contributed by atoms with Crippen LogP contribution in [-0.2, 0) is 0 Å². The molecule has 0 aliphatic carbocycles. The maximum absolute atomic E-state index is 3.98. The molecule has 1 nitrogen and oxygen atoms in total. The molecule has 1 aromatic heterocycles. The molecule has 1 heterocycles. The van der Waals surface area contributed by atoms with Crippen molar-refractivity contribution >= 4 is 6.08 Å². The van der Waals surface area contributed by atoms with E-state index in [4.69, 9.17) is 0 Å². The first kappa shape index (κ1) is 7.73. The third-order valence-corrected chi connectivity index (χ3v) is 1.24. The normalized spacial score (nSPS) is 10.3. The van der Waals surface area contributed by atoms with Gasteiger partial charge in [0.15, 0.2) is 0 Å². The predicted octanol–water partition coefficient (Wildman–Crippen LogP) is 2.67. The Morgan fingerprint density at radius 2 is 2.45 bits per heavy atom. The maximum Gasteiger partial charge on any atom is 0.0340 e. The fraction of sp³-hybridized carbons (Fsp3) is 0.100. The summed E-state index contributed by atoms with van der Waals surface area (Å²) in [4.78, 5) is 3.98. The molecule has 0 aromatic carbocycles. The van der Waals surface area contributed by atoms with Crippen molar-refractivity contribution in [2.75, 3.05) is 0 Å². The van der Waals surface area contributed by atoms with Crippen LogP contribution >= 0.6 is 0 Å². The molecule has 11 heavy (non-hydrogen) atoms. The standard InChI is InChI=1S/C10H11N/c1-9(2)5-6-10-4-3-7-11-8-10/h3-8H,1H2,2H3/b6-5+. The van der Waals surface area contributed by atoms with Crippen molar-refractivity contribution in [1.82, 2.24) is 4.98 Å². The molecule has 0 aliphatic heterocycles. The molecule has 0 spiro atoms. The maximum atomic E-state index is 3.98. The second kappa shape index (κ2) is 3.71. The monoisotopic (exact) mass is 145 g/mol. The van der Waals surface area contributed by atoms with E-state index in [0.29, 0.717) is 0 Å². The Morgan fingerprint density at radius 3 is 3.00 bits per heavy atom. The lowest BCUT2D eigenvalue weighted by Gasteiger charge is -1.89. The van der Waals surface area contributed by atoms with Crippen LogP contribution in [0.3, 0.4) is 0 Å². The smallest absolute Gasteiger partial charge is 0.0340 e. The van der Waals surface area contributed by atoms with Crippen LogP contribution in [0.15, 0.2) is 42.8 Å². The molecule has 56 valence electrons. The van der Waals surface area contributed by atoms with Crippen LogP contribution in [0.25, 0.3) is 6.08 Å². The molecule has 0 aliphatic rings. The minimum atomic E-state index is 1.05. The summed E-state index contributed by atoms with van der Waals surface area (Å²) < 4.78 is 0. The Hall–Kier alpha value is -1.37. The number of pyridine rings is 1. The first-order valence-electron chi connectivity index (χ1n) is 3.52. The van der Waals surface area contributed by atoms with Gasteiger partial charge < -0.3 is 0 Å². The summed E-state index contributed by atoms with van der Waals surface area (Å²) in [6.45, 7) is 5.73. The minimum absolute atomic E-state index is 1.05. The zero-order valence-electron chi connectivity index (χ0n) is 6.62. The third-order valence-electron chi connectivity index (χ3n) is 1.24. The molecule has 0 saturated heterocycles. The average molecular weight is 145 g/mol. The van der Waals surface area contributed by atoms with Crippen LogP contribution in [-0.4, -0.2) is 4.98 Å². The fourth-order valence-electron chi connectivity index (χ4n) is 0.713. The highest BCUT2D eigenvalue weighted by atomic mass is 14.6. The molecular weight excluding hydrogens is 134 g/mol.